The Labute approximate surface area is 153 Å². The number of carbonyl (C=O) groups is 1. The average molecular weight is 373 g/mol. The van der Waals surface area contributed by atoms with E-state index >= 15 is 0 Å². The van der Waals surface area contributed by atoms with Gasteiger partial charge in [-0.1, -0.05) is 28.9 Å². The molecule has 1 aromatic carbocycles. The molecule has 1 aliphatic rings. The SMILES string of the molecule is O=C1CCC(c2nc(-c3ccccn3)no2)N1Cc1c(F)cccc1Cl. The van der Waals surface area contributed by atoms with Crippen LogP contribution >= 0.6 is 11.6 Å². The second-order valence-corrected chi connectivity index (χ2v) is 6.35. The first-order valence-electron chi connectivity index (χ1n) is 8.11. The summed E-state index contributed by atoms with van der Waals surface area (Å²) >= 11 is 6.10. The number of rotatable bonds is 4. The molecule has 1 amide bonds. The topological polar surface area (TPSA) is 72.1 Å². The second kappa shape index (κ2) is 6.84. The van der Waals surface area contributed by atoms with Crippen LogP contribution in [0.1, 0.15) is 30.3 Å². The van der Waals surface area contributed by atoms with Crippen LogP contribution in [0.25, 0.3) is 11.5 Å². The minimum Gasteiger partial charge on any atom is -0.337 e. The van der Waals surface area contributed by atoms with Gasteiger partial charge >= 0.3 is 0 Å². The Kier molecular flexibility index (Phi) is 4.38. The standard InChI is InChI=1S/C18H14ClFN4O2/c19-12-4-3-5-13(20)11(12)10-24-15(7-8-16(24)25)18-22-17(23-26-18)14-6-1-2-9-21-14/h1-6,9,15H,7-8,10H2. The molecule has 0 aliphatic carbocycles. The molecule has 1 atom stereocenters. The number of amides is 1. The average Bonchev–Trinajstić information content (AvgIpc) is 3.26. The largest absolute Gasteiger partial charge is 0.337 e. The first-order valence-corrected chi connectivity index (χ1v) is 8.48. The lowest BCUT2D eigenvalue weighted by atomic mass is 10.1. The van der Waals surface area contributed by atoms with Gasteiger partial charge in [-0.2, -0.15) is 4.98 Å². The van der Waals surface area contributed by atoms with E-state index < -0.39 is 11.9 Å². The van der Waals surface area contributed by atoms with Gasteiger partial charge in [0.15, 0.2) is 0 Å². The van der Waals surface area contributed by atoms with Crippen molar-refractivity contribution in [2.24, 2.45) is 0 Å². The first-order chi connectivity index (χ1) is 12.6. The fourth-order valence-corrected chi connectivity index (χ4v) is 3.23. The van der Waals surface area contributed by atoms with Crippen LogP contribution in [0.5, 0.6) is 0 Å². The molecule has 8 heteroatoms. The quantitative estimate of drug-likeness (QED) is 0.696. The van der Waals surface area contributed by atoms with Crippen molar-refractivity contribution in [2.45, 2.75) is 25.4 Å². The molecule has 0 bridgehead atoms. The summed E-state index contributed by atoms with van der Waals surface area (Å²) in [7, 11) is 0. The molecule has 4 rings (SSSR count). The van der Waals surface area contributed by atoms with E-state index in [2.05, 4.69) is 15.1 Å². The van der Waals surface area contributed by atoms with Crippen molar-refractivity contribution < 1.29 is 13.7 Å². The molecule has 0 N–H and O–H groups in total. The number of benzene rings is 1. The van der Waals surface area contributed by atoms with Gasteiger partial charge in [0.25, 0.3) is 0 Å². The molecule has 0 saturated carbocycles. The van der Waals surface area contributed by atoms with Crippen LogP contribution in [-0.4, -0.2) is 25.9 Å². The van der Waals surface area contributed by atoms with Crippen LogP contribution in [0, 0.1) is 5.82 Å². The van der Waals surface area contributed by atoms with Crippen molar-refractivity contribution in [2.75, 3.05) is 0 Å². The summed E-state index contributed by atoms with van der Waals surface area (Å²) in [6.07, 6.45) is 2.49. The number of nitrogens with zero attached hydrogens (tertiary/aromatic N) is 4. The number of hydrogen-bond acceptors (Lipinski definition) is 5. The third-order valence-electron chi connectivity index (χ3n) is 4.34. The third-order valence-corrected chi connectivity index (χ3v) is 4.69. The number of carbonyl (C=O) groups excluding carboxylic acids is 1. The molecule has 3 aromatic rings. The predicted octanol–water partition coefficient (Wildman–Crippen LogP) is 3.79. The summed E-state index contributed by atoms with van der Waals surface area (Å²) in [5.41, 5.74) is 0.856. The Morgan fingerprint density at radius 1 is 1.27 bits per heavy atom. The molecule has 2 aromatic heterocycles. The van der Waals surface area contributed by atoms with Gasteiger partial charge in [-0.05, 0) is 30.7 Å². The van der Waals surface area contributed by atoms with Crippen molar-refractivity contribution in [1.82, 2.24) is 20.0 Å². The molecular formula is C18H14ClFN4O2. The fourth-order valence-electron chi connectivity index (χ4n) is 3.01. The number of hydrogen-bond donors (Lipinski definition) is 0. The van der Waals surface area contributed by atoms with Crippen molar-refractivity contribution in [3.05, 3.63) is 64.9 Å². The number of pyridine rings is 1. The Balaban J connectivity index is 1.62. The van der Waals surface area contributed by atoms with Crippen molar-refractivity contribution in [3.63, 3.8) is 0 Å². The van der Waals surface area contributed by atoms with E-state index in [0.29, 0.717) is 30.3 Å². The van der Waals surface area contributed by atoms with Crippen LogP contribution in [-0.2, 0) is 11.3 Å². The van der Waals surface area contributed by atoms with E-state index in [4.69, 9.17) is 16.1 Å². The zero-order valence-electron chi connectivity index (χ0n) is 13.6. The molecule has 0 spiro atoms. The molecule has 3 heterocycles. The summed E-state index contributed by atoms with van der Waals surface area (Å²) in [6, 6.07) is 9.42. The number of halogens is 2. The minimum atomic E-state index is -0.448. The highest BCUT2D eigenvalue weighted by atomic mass is 35.5. The van der Waals surface area contributed by atoms with Crippen molar-refractivity contribution >= 4 is 17.5 Å². The maximum atomic E-state index is 14.1. The van der Waals surface area contributed by atoms with Crippen LogP contribution in [0.2, 0.25) is 5.02 Å². The number of likely N-dealkylation sites (tertiary alicyclic amines) is 1. The molecule has 1 saturated heterocycles. The summed E-state index contributed by atoms with van der Waals surface area (Å²) in [6.45, 7) is 0.0519. The molecule has 0 radical (unpaired) electrons. The summed E-state index contributed by atoms with van der Waals surface area (Å²) in [5.74, 6) is 0.107. The van der Waals surface area contributed by atoms with E-state index in [-0.39, 0.29) is 23.0 Å². The second-order valence-electron chi connectivity index (χ2n) is 5.95. The normalized spacial score (nSPS) is 17.1. The van der Waals surface area contributed by atoms with E-state index in [9.17, 15) is 9.18 Å². The Morgan fingerprint density at radius 2 is 2.15 bits per heavy atom. The van der Waals surface area contributed by atoms with Gasteiger partial charge in [-0.15, -0.1) is 0 Å². The lowest BCUT2D eigenvalue weighted by Crippen LogP contribution is -2.28. The van der Waals surface area contributed by atoms with Crippen molar-refractivity contribution in [3.8, 4) is 11.5 Å². The van der Waals surface area contributed by atoms with Crippen LogP contribution < -0.4 is 0 Å². The highest BCUT2D eigenvalue weighted by molar-refractivity contribution is 6.31. The zero-order chi connectivity index (χ0) is 18.1. The Bertz CT molecular complexity index is 927. The van der Waals surface area contributed by atoms with Gasteiger partial charge < -0.3 is 9.42 Å². The Hall–Kier alpha value is -2.80. The Morgan fingerprint density at radius 3 is 2.92 bits per heavy atom. The van der Waals surface area contributed by atoms with Crippen LogP contribution in [0.15, 0.2) is 47.1 Å². The maximum Gasteiger partial charge on any atom is 0.249 e. The molecule has 1 aliphatic heterocycles. The van der Waals surface area contributed by atoms with E-state index in [1.165, 1.54) is 17.0 Å². The minimum absolute atomic E-state index is 0.0519. The van der Waals surface area contributed by atoms with E-state index in [1.54, 1.807) is 24.4 Å². The van der Waals surface area contributed by atoms with Gasteiger partial charge in [-0.3, -0.25) is 9.78 Å². The molecule has 6 nitrogen and oxygen atoms in total. The van der Waals surface area contributed by atoms with E-state index in [0.717, 1.165) is 0 Å². The lowest BCUT2D eigenvalue weighted by Gasteiger charge is -2.22. The predicted molar refractivity (Wildman–Crippen MR) is 91.5 cm³/mol. The fraction of sp³-hybridized carbons (Fsp3) is 0.222. The molecule has 1 unspecified atom stereocenters. The summed E-state index contributed by atoms with van der Waals surface area (Å²) in [5, 5.41) is 4.23. The molecule has 1 fully saturated rings. The van der Waals surface area contributed by atoms with Crippen LogP contribution in [0.3, 0.4) is 0 Å². The number of aromatic nitrogens is 3. The maximum absolute atomic E-state index is 14.1. The highest BCUT2D eigenvalue weighted by Crippen LogP contribution is 2.35. The molecule has 132 valence electrons. The van der Waals surface area contributed by atoms with E-state index in [1.807, 2.05) is 6.07 Å². The molecular weight excluding hydrogens is 359 g/mol. The monoisotopic (exact) mass is 372 g/mol. The van der Waals surface area contributed by atoms with Crippen LogP contribution in [0.4, 0.5) is 4.39 Å². The zero-order valence-corrected chi connectivity index (χ0v) is 14.4. The smallest absolute Gasteiger partial charge is 0.249 e. The molecule has 26 heavy (non-hydrogen) atoms. The van der Waals surface area contributed by atoms with Gasteiger partial charge in [0, 0.05) is 23.2 Å². The van der Waals surface area contributed by atoms with Gasteiger partial charge in [0.2, 0.25) is 17.6 Å². The van der Waals surface area contributed by atoms with Gasteiger partial charge in [0.1, 0.15) is 17.6 Å². The summed E-state index contributed by atoms with van der Waals surface area (Å²) in [4.78, 5) is 22.4. The first kappa shape index (κ1) is 16.7. The van der Waals surface area contributed by atoms with Crippen molar-refractivity contribution in [1.29, 1.82) is 0 Å². The third kappa shape index (κ3) is 3.06. The summed E-state index contributed by atoms with van der Waals surface area (Å²) < 4.78 is 19.5. The lowest BCUT2D eigenvalue weighted by molar-refractivity contribution is -0.130. The van der Waals surface area contributed by atoms with Gasteiger partial charge in [0.05, 0.1) is 6.54 Å². The highest BCUT2D eigenvalue weighted by Gasteiger charge is 2.36. The van der Waals surface area contributed by atoms with Gasteiger partial charge in [-0.25, -0.2) is 4.39 Å².